The molecule has 1 heterocycles. The third-order valence-corrected chi connectivity index (χ3v) is 2.86. The van der Waals surface area contributed by atoms with Crippen molar-refractivity contribution in [1.82, 2.24) is 9.97 Å². The second-order valence-corrected chi connectivity index (χ2v) is 4.25. The van der Waals surface area contributed by atoms with Gasteiger partial charge in [-0.25, -0.2) is 8.78 Å². The van der Waals surface area contributed by atoms with Gasteiger partial charge in [0.05, 0.1) is 11.0 Å². The molecule has 0 bridgehead atoms. The highest BCUT2D eigenvalue weighted by Crippen LogP contribution is 2.16. The highest BCUT2D eigenvalue weighted by atomic mass is 19.1. The predicted octanol–water partition coefficient (Wildman–Crippen LogP) is 3.14. The third kappa shape index (κ3) is 2.25. The first-order valence-corrected chi connectivity index (χ1v) is 5.85. The summed E-state index contributed by atoms with van der Waals surface area (Å²) in [4.78, 5) is 20.4. The van der Waals surface area contributed by atoms with Gasteiger partial charge in [-0.05, 0) is 30.3 Å². The maximum Gasteiger partial charge on any atom is 0.193 e. The van der Waals surface area contributed by atoms with E-state index in [2.05, 4.69) is 9.97 Å². The zero-order valence-corrected chi connectivity index (χ0v) is 10.2. The Morgan fingerprint density at radius 1 is 0.800 bits per heavy atom. The number of halogens is 2. The van der Waals surface area contributed by atoms with E-state index in [1.165, 1.54) is 6.20 Å². The van der Waals surface area contributed by atoms with Gasteiger partial charge in [0.1, 0.15) is 11.6 Å². The molecule has 0 aliphatic rings. The van der Waals surface area contributed by atoms with E-state index < -0.39 is 17.4 Å². The Hall–Kier alpha value is -2.69. The number of ketones is 1. The molecule has 20 heavy (non-hydrogen) atoms. The summed E-state index contributed by atoms with van der Waals surface area (Å²) < 4.78 is 26.3. The quantitative estimate of drug-likeness (QED) is 0.672. The number of hydrogen-bond donors (Lipinski definition) is 0. The lowest BCUT2D eigenvalue weighted by atomic mass is 10.0. The van der Waals surface area contributed by atoms with Crippen LogP contribution >= 0.6 is 0 Å². The first kappa shape index (κ1) is 12.3. The molecule has 0 radical (unpaired) electrons. The molecule has 1 aromatic heterocycles. The Bertz CT molecular complexity index is 798. The average Bonchev–Trinajstić information content (AvgIpc) is 2.45. The summed E-state index contributed by atoms with van der Waals surface area (Å²) >= 11 is 0. The van der Waals surface area contributed by atoms with Crippen LogP contribution in [0.15, 0.2) is 48.8 Å². The topological polar surface area (TPSA) is 42.9 Å². The monoisotopic (exact) mass is 270 g/mol. The molecule has 0 fully saturated rings. The van der Waals surface area contributed by atoms with Crippen molar-refractivity contribution < 1.29 is 13.6 Å². The van der Waals surface area contributed by atoms with Crippen molar-refractivity contribution in [3.8, 4) is 0 Å². The van der Waals surface area contributed by atoms with Crippen LogP contribution in [0.25, 0.3) is 11.0 Å². The highest BCUT2D eigenvalue weighted by molar-refractivity contribution is 6.10. The van der Waals surface area contributed by atoms with Crippen molar-refractivity contribution in [3.05, 3.63) is 71.6 Å². The zero-order valence-electron chi connectivity index (χ0n) is 10.2. The summed E-state index contributed by atoms with van der Waals surface area (Å²) in [5, 5.41) is 0. The zero-order chi connectivity index (χ0) is 14.1. The lowest BCUT2D eigenvalue weighted by Crippen LogP contribution is -2.03. The summed E-state index contributed by atoms with van der Waals surface area (Å²) in [5.41, 5.74) is 1.47. The molecular weight excluding hydrogens is 262 g/mol. The van der Waals surface area contributed by atoms with E-state index in [0.717, 1.165) is 18.2 Å². The summed E-state index contributed by atoms with van der Waals surface area (Å²) in [5.74, 6) is -2.03. The summed E-state index contributed by atoms with van der Waals surface area (Å²) in [6.07, 6.45) is 3.06. The normalized spacial score (nSPS) is 10.7. The van der Waals surface area contributed by atoms with Gasteiger partial charge in [-0.15, -0.1) is 0 Å². The van der Waals surface area contributed by atoms with Gasteiger partial charge < -0.3 is 0 Å². The number of aromatic nitrogens is 2. The molecule has 5 heteroatoms. The summed E-state index contributed by atoms with van der Waals surface area (Å²) in [7, 11) is 0. The van der Waals surface area contributed by atoms with E-state index in [1.807, 2.05) is 0 Å². The Kier molecular flexibility index (Phi) is 2.95. The van der Waals surface area contributed by atoms with E-state index in [4.69, 9.17) is 0 Å². The van der Waals surface area contributed by atoms with Crippen LogP contribution in [0, 0.1) is 11.6 Å². The first-order chi connectivity index (χ1) is 9.63. The van der Waals surface area contributed by atoms with Crippen LogP contribution in [0.3, 0.4) is 0 Å². The molecule has 0 atom stereocenters. The number of nitrogens with zero attached hydrogens (tertiary/aromatic N) is 2. The SMILES string of the molecule is O=C(c1cc(F)cc(F)c1)c1ccc2nccnc2c1. The number of rotatable bonds is 2. The second kappa shape index (κ2) is 4.77. The number of carbonyl (C=O) groups is 1. The number of fused-ring (bicyclic) bond motifs is 1. The van der Waals surface area contributed by atoms with E-state index in [-0.39, 0.29) is 5.56 Å². The van der Waals surface area contributed by atoms with Crippen molar-refractivity contribution >= 4 is 16.8 Å². The standard InChI is InChI=1S/C15H8F2N2O/c16-11-5-10(6-12(17)8-11)15(20)9-1-2-13-14(7-9)19-4-3-18-13/h1-8H. The molecule has 3 nitrogen and oxygen atoms in total. The first-order valence-electron chi connectivity index (χ1n) is 5.85. The van der Waals surface area contributed by atoms with Crippen LogP contribution in [-0.4, -0.2) is 15.8 Å². The number of hydrogen-bond acceptors (Lipinski definition) is 3. The minimum atomic E-state index is -0.783. The Morgan fingerprint density at radius 3 is 2.15 bits per heavy atom. The van der Waals surface area contributed by atoms with Gasteiger partial charge >= 0.3 is 0 Å². The molecule has 0 spiro atoms. The van der Waals surface area contributed by atoms with Crippen molar-refractivity contribution in [2.45, 2.75) is 0 Å². The number of carbonyl (C=O) groups excluding carboxylic acids is 1. The predicted molar refractivity (Wildman–Crippen MR) is 69.3 cm³/mol. The van der Waals surface area contributed by atoms with Crippen LogP contribution in [0.4, 0.5) is 8.78 Å². The maximum atomic E-state index is 13.1. The molecule has 0 unspecified atom stereocenters. The largest absolute Gasteiger partial charge is 0.289 e. The fraction of sp³-hybridized carbons (Fsp3) is 0. The molecule has 0 aliphatic carbocycles. The molecule has 3 aromatic rings. The molecule has 3 rings (SSSR count). The maximum absolute atomic E-state index is 13.1. The molecule has 0 aliphatic heterocycles. The lowest BCUT2D eigenvalue weighted by molar-refractivity contribution is 0.103. The fourth-order valence-corrected chi connectivity index (χ4v) is 1.96. The smallest absolute Gasteiger partial charge is 0.193 e. The summed E-state index contributed by atoms with van der Waals surface area (Å²) in [6.45, 7) is 0. The molecule has 98 valence electrons. The molecule has 0 amide bonds. The van der Waals surface area contributed by atoms with Crippen molar-refractivity contribution in [3.63, 3.8) is 0 Å². The van der Waals surface area contributed by atoms with Gasteiger partial charge in [0, 0.05) is 29.6 Å². The van der Waals surface area contributed by atoms with Gasteiger partial charge in [-0.2, -0.15) is 0 Å². The van der Waals surface area contributed by atoms with Crippen LogP contribution < -0.4 is 0 Å². The molecule has 0 saturated heterocycles. The average molecular weight is 270 g/mol. The van der Waals surface area contributed by atoms with Gasteiger partial charge in [-0.1, -0.05) is 0 Å². The third-order valence-electron chi connectivity index (χ3n) is 2.86. The van der Waals surface area contributed by atoms with Gasteiger partial charge in [0.15, 0.2) is 5.78 Å². The Balaban J connectivity index is 2.07. The highest BCUT2D eigenvalue weighted by Gasteiger charge is 2.12. The van der Waals surface area contributed by atoms with Crippen molar-refractivity contribution in [1.29, 1.82) is 0 Å². The summed E-state index contributed by atoms with van der Waals surface area (Å²) in [6, 6.07) is 7.49. The fourth-order valence-electron chi connectivity index (χ4n) is 1.96. The lowest BCUT2D eigenvalue weighted by Gasteiger charge is -2.03. The van der Waals surface area contributed by atoms with Crippen molar-refractivity contribution in [2.24, 2.45) is 0 Å². The second-order valence-electron chi connectivity index (χ2n) is 4.25. The Labute approximate surface area is 112 Å². The number of benzene rings is 2. The molecule has 2 aromatic carbocycles. The Morgan fingerprint density at radius 2 is 1.45 bits per heavy atom. The minimum absolute atomic E-state index is 0.0364. The van der Waals surface area contributed by atoms with Crippen LogP contribution in [0.2, 0.25) is 0 Å². The molecule has 0 saturated carbocycles. The van der Waals surface area contributed by atoms with Crippen LogP contribution in [0.5, 0.6) is 0 Å². The van der Waals surface area contributed by atoms with Crippen molar-refractivity contribution in [2.75, 3.05) is 0 Å². The van der Waals surface area contributed by atoms with Crippen LogP contribution in [-0.2, 0) is 0 Å². The van der Waals surface area contributed by atoms with Gasteiger partial charge in [0.25, 0.3) is 0 Å². The van der Waals surface area contributed by atoms with E-state index in [0.29, 0.717) is 16.6 Å². The molecular formula is C15H8F2N2O. The van der Waals surface area contributed by atoms with E-state index >= 15 is 0 Å². The van der Waals surface area contributed by atoms with Crippen LogP contribution in [0.1, 0.15) is 15.9 Å². The van der Waals surface area contributed by atoms with E-state index in [9.17, 15) is 13.6 Å². The van der Waals surface area contributed by atoms with Gasteiger partial charge in [-0.3, -0.25) is 14.8 Å². The minimum Gasteiger partial charge on any atom is -0.289 e. The van der Waals surface area contributed by atoms with Gasteiger partial charge in [0.2, 0.25) is 0 Å². The molecule has 0 N–H and O–H groups in total. The van der Waals surface area contributed by atoms with E-state index in [1.54, 1.807) is 24.4 Å².